The van der Waals surface area contributed by atoms with Crippen LogP contribution in [0.4, 0.5) is 10.5 Å². The van der Waals surface area contributed by atoms with E-state index in [0.29, 0.717) is 12.8 Å². The van der Waals surface area contributed by atoms with Gasteiger partial charge in [-0.3, -0.25) is 9.69 Å². The van der Waals surface area contributed by atoms with Crippen molar-refractivity contribution in [1.82, 2.24) is 5.32 Å². The first kappa shape index (κ1) is 15.4. The molecule has 2 N–H and O–H groups in total. The van der Waals surface area contributed by atoms with Gasteiger partial charge < -0.3 is 10.4 Å². The van der Waals surface area contributed by atoms with Gasteiger partial charge in [0, 0.05) is 18.8 Å². The van der Waals surface area contributed by atoms with Crippen LogP contribution in [0, 0.1) is 19.8 Å². The van der Waals surface area contributed by atoms with Crippen LogP contribution < -0.4 is 10.2 Å². The smallest absolute Gasteiger partial charge is 0.321 e. The van der Waals surface area contributed by atoms with Crippen LogP contribution in [-0.4, -0.2) is 30.2 Å². The van der Waals surface area contributed by atoms with Gasteiger partial charge in [0.1, 0.15) is 0 Å². The second kappa shape index (κ2) is 6.16. The van der Waals surface area contributed by atoms with Crippen molar-refractivity contribution in [2.45, 2.75) is 39.2 Å². The summed E-state index contributed by atoms with van der Waals surface area (Å²) in [6.07, 6.45) is 1.87. The number of nitrogens with zero attached hydrogens (tertiary/aromatic N) is 1. The van der Waals surface area contributed by atoms with Gasteiger partial charge in [0.25, 0.3) is 0 Å². The standard InChI is InChI=1S/C16H22N2O3/c1-10-6-11(2)8-14(7-10)18(3)16(21)17-13-5-4-12(9-13)15(19)20/h6-8,12-13H,4-5,9H2,1-3H3,(H,17,21)(H,19,20)/t12-,13+/m1/s1. The third-order valence-electron chi connectivity index (χ3n) is 4.01. The van der Waals surface area contributed by atoms with Crippen LogP contribution in [0.3, 0.4) is 0 Å². The summed E-state index contributed by atoms with van der Waals surface area (Å²) < 4.78 is 0. The Balaban J connectivity index is 1.98. The van der Waals surface area contributed by atoms with Crippen LogP contribution in [0.15, 0.2) is 18.2 Å². The SMILES string of the molecule is Cc1cc(C)cc(N(C)C(=O)N[C@H]2CC[C@@H](C(=O)O)C2)c1. The van der Waals surface area contributed by atoms with E-state index in [1.165, 1.54) is 0 Å². The van der Waals surface area contributed by atoms with Crippen LogP contribution >= 0.6 is 0 Å². The fraction of sp³-hybridized carbons (Fsp3) is 0.500. The predicted octanol–water partition coefficient (Wildman–Crippen LogP) is 2.70. The number of anilines is 1. The number of amides is 2. The molecule has 0 saturated heterocycles. The molecule has 0 spiro atoms. The lowest BCUT2D eigenvalue weighted by atomic mass is 10.1. The van der Waals surface area contributed by atoms with Gasteiger partial charge in [-0.25, -0.2) is 4.79 Å². The Labute approximate surface area is 125 Å². The fourth-order valence-corrected chi connectivity index (χ4v) is 2.87. The molecule has 0 bridgehead atoms. The fourth-order valence-electron chi connectivity index (χ4n) is 2.87. The van der Waals surface area contributed by atoms with Gasteiger partial charge >= 0.3 is 12.0 Å². The van der Waals surface area contributed by atoms with E-state index in [1.807, 2.05) is 26.0 Å². The molecule has 0 heterocycles. The molecule has 1 fully saturated rings. The van der Waals surface area contributed by atoms with Crippen LogP contribution in [0.25, 0.3) is 0 Å². The van der Waals surface area contributed by atoms with Crippen molar-refractivity contribution < 1.29 is 14.7 Å². The number of rotatable bonds is 3. The number of hydrogen-bond donors (Lipinski definition) is 2. The molecule has 5 heteroatoms. The van der Waals surface area contributed by atoms with E-state index in [-0.39, 0.29) is 18.0 Å². The lowest BCUT2D eigenvalue weighted by Gasteiger charge is -2.22. The molecule has 1 aromatic carbocycles. The minimum absolute atomic E-state index is 0.0491. The van der Waals surface area contributed by atoms with Crippen LogP contribution in [0.2, 0.25) is 0 Å². The highest BCUT2D eigenvalue weighted by molar-refractivity contribution is 5.91. The highest BCUT2D eigenvalue weighted by Gasteiger charge is 2.31. The highest BCUT2D eigenvalue weighted by atomic mass is 16.4. The molecule has 21 heavy (non-hydrogen) atoms. The first-order chi connectivity index (χ1) is 9.86. The number of carboxylic acids is 1. The minimum atomic E-state index is -0.769. The van der Waals surface area contributed by atoms with Crippen LogP contribution in [0.1, 0.15) is 30.4 Å². The third kappa shape index (κ3) is 3.74. The number of aliphatic carboxylic acids is 1. The molecular weight excluding hydrogens is 268 g/mol. The van der Waals surface area contributed by atoms with Crippen molar-refractivity contribution in [2.75, 3.05) is 11.9 Å². The predicted molar refractivity (Wildman–Crippen MR) is 81.6 cm³/mol. The maximum atomic E-state index is 12.3. The molecule has 1 aromatic rings. The summed E-state index contributed by atoms with van der Waals surface area (Å²) in [5.74, 6) is -1.10. The van der Waals surface area contributed by atoms with E-state index >= 15 is 0 Å². The second-order valence-electron chi connectivity index (χ2n) is 5.90. The summed E-state index contributed by atoms with van der Waals surface area (Å²) in [4.78, 5) is 24.8. The molecule has 2 rings (SSSR count). The molecule has 1 aliphatic carbocycles. The number of hydrogen-bond acceptors (Lipinski definition) is 2. The van der Waals surface area contributed by atoms with Crippen LogP contribution in [-0.2, 0) is 4.79 Å². The first-order valence-corrected chi connectivity index (χ1v) is 7.22. The molecular formula is C16H22N2O3. The molecule has 0 aliphatic heterocycles. The topological polar surface area (TPSA) is 69.6 Å². The van der Waals surface area contributed by atoms with E-state index in [1.54, 1.807) is 11.9 Å². The summed E-state index contributed by atoms with van der Waals surface area (Å²) in [7, 11) is 1.73. The normalized spacial score (nSPS) is 21.1. The number of carboxylic acid groups (broad SMARTS) is 1. The van der Waals surface area contributed by atoms with E-state index in [9.17, 15) is 9.59 Å². The lowest BCUT2D eigenvalue weighted by Crippen LogP contribution is -2.42. The van der Waals surface area contributed by atoms with Crippen molar-refractivity contribution >= 4 is 17.7 Å². The number of carbonyl (C=O) groups excluding carboxylic acids is 1. The Kier molecular flexibility index (Phi) is 4.50. The van der Waals surface area contributed by atoms with Gasteiger partial charge in [0.15, 0.2) is 0 Å². The summed E-state index contributed by atoms with van der Waals surface area (Å²) in [5.41, 5.74) is 3.06. The summed E-state index contributed by atoms with van der Waals surface area (Å²) in [6.45, 7) is 3.99. The van der Waals surface area contributed by atoms with Crippen molar-refractivity contribution in [3.05, 3.63) is 29.3 Å². The largest absolute Gasteiger partial charge is 0.481 e. The van der Waals surface area contributed by atoms with Gasteiger partial charge in [-0.2, -0.15) is 0 Å². The summed E-state index contributed by atoms with van der Waals surface area (Å²) >= 11 is 0. The maximum Gasteiger partial charge on any atom is 0.321 e. The highest BCUT2D eigenvalue weighted by Crippen LogP contribution is 2.26. The number of benzene rings is 1. The van der Waals surface area contributed by atoms with Gasteiger partial charge in [0.05, 0.1) is 5.92 Å². The summed E-state index contributed by atoms with van der Waals surface area (Å²) in [6, 6.07) is 5.75. The summed E-state index contributed by atoms with van der Waals surface area (Å²) in [5, 5.41) is 11.9. The van der Waals surface area contributed by atoms with E-state index in [2.05, 4.69) is 11.4 Å². The Hall–Kier alpha value is -2.04. The monoisotopic (exact) mass is 290 g/mol. The third-order valence-corrected chi connectivity index (χ3v) is 4.01. The average molecular weight is 290 g/mol. The average Bonchev–Trinajstić information content (AvgIpc) is 2.85. The molecule has 2 amide bonds. The molecule has 1 aliphatic rings. The number of nitrogens with one attached hydrogen (secondary N) is 1. The van der Waals surface area contributed by atoms with E-state index in [4.69, 9.17) is 5.11 Å². The van der Waals surface area contributed by atoms with Crippen molar-refractivity contribution in [2.24, 2.45) is 5.92 Å². The Morgan fingerprint density at radius 3 is 2.33 bits per heavy atom. The zero-order valence-electron chi connectivity index (χ0n) is 12.7. The number of aryl methyl sites for hydroxylation is 2. The number of urea groups is 1. The Morgan fingerprint density at radius 1 is 1.19 bits per heavy atom. The molecule has 0 aromatic heterocycles. The maximum absolute atomic E-state index is 12.3. The Morgan fingerprint density at radius 2 is 1.81 bits per heavy atom. The molecule has 0 radical (unpaired) electrons. The van der Waals surface area contributed by atoms with Crippen molar-refractivity contribution in [1.29, 1.82) is 0 Å². The lowest BCUT2D eigenvalue weighted by molar-refractivity contribution is -0.141. The molecule has 114 valence electrons. The van der Waals surface area contributed by atoms with E-state index in [0.717, 1.165) is 23.2 Å². The van der Waals surface area contributed by atoms with Gasteiger partial charge in [-0.15, -0.1) is 0 Å². The second-order valence-corrected chi connectivity index (χ2v) is 5.90. The molecule has 2 atom stereocenters. The number of carbonyl (C=O) groups is 2. The van der Waals surface area contributed by atoms with Gasteiger partial charge in [-0.05, 0) is 56.4 Å². The Bertz CT molecular complexity index is 536. The first-order valence-electron chi connectivity index (χ1n) is 7.22. The van der Waals surface area contributed by atoms with Gasteiger partial charge in [0.2, 0.25) is 0 Å². The zero-order chi connectivity index (χ0) is 15.6. The van der Waals surface area contributed by atoms with Crippen LogP contribution in [0.5, 0.6) is 0 Å². The molecule has 1 saturated carbocycles. The van der Waals surface area contributed by atoms with Gasteiger partial charge in [-0.1, -0.05) is 6.07 Å². The quantitative estimate of drug-likeness (QED) is 0.899. The molecule has 5 nitrogen and oxygen atoms in total. The van der Waals surface area contributed by atoms with Crippen molar-refractivity contribution in [3.8, 4) is 0 Å². The minimum Gasteiger partial charge on any atom is -0.481 e. The van der Waals surface area contributed by atoms with E-state index < -0.39 is 5.97 Å². The van der Waals surface area contributed by atoms with Crippen molar-refractivity contribution in [3.63, 3.8) is 0 Å². The molecule has 0 unspecified atom stereocenters. The zero-order valence-corrected chi connectivity index (χ0v) is 12.7.